The Balaban J connectivity index is 0.000000470. The number of halogens is 1. The number of carbonyl (C=O) groups is 1. The summed E-state index contributed by atoms with van der Waals surface area (Å²) in [6, 6.07) is 19.6. The largest absolute Gasteiger partial charge is 0.462 e. The van der Waals surface area contributed by atoms with Crippen LogP contribution in [0.15, 0.2) is 65.3 Å². The number of para-hydroxylation sites is 1. The first-order valence-corrected chi connectivity index (χ1v) is 14.9. The fourth-order valence-electron chi connectivity index (χ4n) is 4.97. The zero-order chi connectivity index (χ0) is 28.4. The lowest BCUT2D eigenvalue weighted by Gasteiger charge is -2.36. The minimum Gasteiger partial charge on any atom is -0.462 e. The number of hydrogen-bond donors (Lipinski definition) is 2. The number of anilines is 5. The highest BCUT2D eigenvalue weighted by Crippen LogP contribution is 2.37. The van der Waals surface area contributed by atoms with E-state index in [4.69, 9.17) is 4.98 Å². The lowest BCUT2D eigenvalue weighted by Crippen LogP contribution is -2.43. The summed E-state index contributed by atoms with van der Waals surface area (Å²) in [5, 5.41) is 6.81. The number of benzene rings is 2. The molecule has 3 aromatic rings. The van der Waals surface area contributed by atoms with E-state index in [0.29, 0.717) is 18.5 Å². The first kappa shape index (κ1) is 29.8. The van der Waals surface area contributed by atoms with E-state index < -0.39 is 0 Å². The summed E-state index contributed by atoms with van der Waals surface area (Å²) in [4.78, 5) is 23.9. The van der Waals surface area contributed by atoms with Crippen molar-refractivity contribution in [1.29, 1.82) is 0 Å². The second-order valence-corrected chi connectivity index (χ2v) is 12.0. The number of aromatic nitrogens is 2. The average molecular weight is 610 g/mol. The second kappa shape index (κ2) is 14.5. The van der Waals surface area contributed by atoms with Crippen LogP contribution < -0.4 is 20.4 Å². The van der Waals surface area contributed by atoms with Gasteiger partial charge in [-0.25, -0.2) is 4.98 Å². The van der Waals surface area contributed by atoms with E-state index >= 15 is 0 Å². The number of ether oxygens (including phenoxy) is 1. The first-order valence-electron chi connectivity index (χ1n) is 14.1. The van der Waals surface area contributed by atoms with Crippen molar-refractivity contribution in [3.8, 4) is 0 Å². The topological polar surface area (TPSA) is 82.6 Å². The summed E-state index contributed by atoms with van der Waals surface area (Å²) >= 11 is 3.73. The Labute approximate surface area is 246 Å². The summed E-state index contributed by atoms with van der Waals surface area (Å²) < 4.78 is 5.46. The first-order chi connectivity index (χ1) is 19.3. The van der Waals surface area contributed by atoms with E-state index in [1.807, 2.05) is 27.0 Å². The van der Waals surface area contributed by atoms with Crippen molar-refractivity contribution in [2.45, 2.75) is 64.5 Å². The van der Waals surface area contributed by atoms with Crippen LogP contribution in [0, 0.1) is 0 Å². The molecule has 40 heavy (non-hydrogen) atoms. The molecule has 0 spiro atoms. The minimum absolute atomic E-state index is 0.318. The zero-order valence-electron chi connectivity index (χ0n) is 23.8. The third-order valence-electron chi connectivity index (χ3n) is 6.94. The molecule has 5 rings (SSSR count). The third kappa shape index (κ3) is 8.66. The molecule has 9 heteroatoms. The number of carbonyl (C=O) groups excluding carboxylic acids is 1. The lowest BCUT2D eigenvalue weighted by molar-refractivity contribution is -0.138. The predicted molar refractivity (Wildman–Crippen MR) is 167 cm³/mol. The van der Waals surface area contributed by atoms with Crippen LogP contribution in [0.3, 0.4) is 0 Å². The molecule has 1 aliphatic heterocycles. The summed E-state index contributed by atoms with van der Waals surface area (Å²) in [7, 11) is 0. The van der Waals surface area contributed by atoms with Gasteiger partial charge in [-0.1, -0.05) is 37.5 Å². The summed E-state index contributed by atoms with van der Waals surface area (Å²) in [5.41, 5.74) is 3.11. The van der Waals surface area contributed by atoms with Gasteiger partial charge in [0, 0.05) is 55.5 Å². The highest BCUT2D eigenvalue weighted by molar-refractivity contribution is 9.10. The Hall–Kier alpha value is -3.17. The van der Waals surface area contributed by atoms with Crippen molar-refractivity contribution >= 4 is 51.2 Å². The number of nitrogens with one attached hydrogen (secondary N) is 2. The molecule has 0 radical (unpaired) electrons. The molecule has 1 aliphatic carbocycles. The SMILES string of the molecule is Brc1cnc(Nc2ccc(N3CCNCC3)cc2)nc1N(c1ccccc1)C1CCCCC1.CC(C)(C)OC=O. The normalized spacial score (nSPS) is 15.9. The molecule has 0 unspecified atom stereocenters. The van der Waals surface area contributed by atoms with Gasteiger partial charge in [-0.15, -0.1) is 0 Å². The molecule has 2 heterocycles. The molecule has 0 amide bonds. The molecule has 2 N–H and O–H groups in total. The fraction of sp³-hybridized carbons (Fsp3) is 0.452. The van der Waals surface area contributed by atoms with Gasteiger partial charge >= 0.3 is 0 Å². The van der Waals surface area contributed by atoms with E-state index in [1.54, 1.807) is 0 Å². The molecule has 8 nitrogen and oxygen atoms in total. The Morgan fingerprint density at radius 1 is 1.02 bits per heavy atom. The van der Waals surface area contributed by atoms with Crippen molar-refractivity contribution in [2.24, 2.45) is 0 Å². The van der Waals surface area contributed by atoms with Crippen LogP contribution in [0.25, 0.3) is 0 Å². The van der Waals surface area contributed by atoms with Crippen molar-refractivity contribution in [3.05, 3.63) is 65.3 Å². The van der Waals surface area contributed by atoms with Crippen molar-refractivity contribution < 1.29 is 9.53 Å². The highest BCUT2D eigenvalue weighted by atomic mass is 79.9. The predicted octanol–water partition coefficient (Wildman–Crippen LogP) is 6.82. The maximum Gasteiger partial charge on any atom is 0.293 e. The molecule has 1 saturated carbocycles. The summed E-state index contributed by atoms with van der Waals surface area (Å²) in [6.45, 7) is 10.1. The van der Waals surface area contributed by atoms with Crippen LogP contribution >= 0.6 is 15.9 Å². The summed E-state index contributed by atoms with van der Waals surface area (Å²) in [6.07, 6.45) is 8.07. The smallest absolute Gasteiger partial charge is 0.293 e. The number of piperazine rings is 1. The van der Waals surface area contributed by atoms with Gasteiger partial charge in [0.1, 0.15) is 5.60 Å². The molecule has 2 fully saturated rings. The van der Waals surface area contributed by atoms with E-state index in [9.17, 15) is 4.79 Å². The van der Waals surface area contributed by atoms with Gasteiger partial charge in [0.05, 0.1) is 4.47 Å². The van der Waals surface area contributed by atoms with Gasteiger partial charge in [0.15, 0.2) is 5.82 Å². The second-order valence-electron chi connectivity index (χ2n) is 11.1. The lowest BCUT2D eigenvalue weighted by atomic mass is 9.93. The van der Waals surface area contributed by atoms with E-state index in [1.165, 1.54) is 43.5 Å². The highest BCUT2D eigenvalue weighted by Gasteiger charge is 2.26. The molecule has 214 valence electrons. The maximum atomic E-state index is 9.60. The maximum absolute atomic E-state index is 9.60. The van der Waals surface area contributed by atoms with Crippen LogP contribution in [0.2, 0.25) is 0 Å². The molecular formula is C31H41BrN6O2. The van der Waals surface area contributed by atoms with Gasteiger partial charge in [-0.3, -0.25) is 4.79 Å². The quantitative estimate of drug-likeness (QED) is 0.283. The van der Waals surface area contributed by atoms with Crippen LogP contribution in [-0.4, -0.2) is 54.3 Å². The molecule has 2 aliphatic rings. The molecule has 1 aromatic heterocycles. The van der Waals surface area contributed by atoms with Crippen LogP contribution in [0.5, 0.6) is 0 Å². The Morgan fingerprint density at radius 3 is 2.30 bits per heavy atom. The number of nitrogens with zero attached hydrogens (tertiary/aromatic N) is 4. The third-order valence-corrected chi connectivity index (χ3v) is 7.49. The van der Waals surface area contributed by atoms with Gasteiger partial charge in [0.25, 0.3) is 6.47 Å². The molecule has 1 saturated heterocycles. The van der Waals surface area contributed by atoms with E-state index in [-0.39, 0.29) is 5.60 Å². The zero-order valence-corrected chi connectivity index (χ0v) is 25.4. The van der Waals surface area contributed by atoms with E-state index in [0.717, 1.165) is 42.2 Å². The Kier molecular flexibility index (Phi) is 10.8. The van der Waals surface area contributed by atoms with Gasteiger partial charge < -0.3 is 25.2 Å². The van der Waals surface area contributed by atoms with Crippen LogP contribution in [-0.2, 0) is 9.53 Å². The van der Waals surface area contributed by atoms with Crippen molar-refractivity contribution in [3.63, 3.8) is 0 Å². The fourth-order valence-corrected chi connectivity index (χ4v) is 5.36. The van der Waals surface area contributed by atoms with Gasteiger partial charge in [-0.05, 0) is 85.9 Å². The molecule has 0 atom stereocenters. The number of rotatable bonds is 7. The minimum atomic E-state index is -0.318. The van der Waals surface area contributed by atoms with Crippen LogP contribution in [0.1, 0.15) is 52.9 Å². The van der Waals surface area contributed by atoms with Crippen molar-refractivity contribution in [1.82, 2.24) is 15.3 Å². The Morgan fingerprint density at radius 2 is 1.70 bits per heavy atom. The van der Waals surface area contributed by atoms with Gasteiger partial charge in [0.2, 0.25) is 5.95 Å². The van der Waals surface area contributed by atoms with Crippen molar-refractivity contribution in [2.75, 3.05) is 41.3 Å². The Bertz CT molecular complexity index is 1190. The van der Waals surface area contributed by atoms with E-state index in [2.05, 4.69) is 101 Å². The summed E-state index contributed by atoms with van der Waals surface area (Å²) in [5.74, 6) is 1.53. The standard InChI is InChI=1S/C26H31BrN6.C5H10O2/c27-24-19-29-26(30-20-11-13-21(14-12-20)32-17-15-28-16-18-32)31-25(24)33(22-7-3-1-4-8-22)23-9-5-2-6-10-23;1-5(2,3)7-4-6/h1,3-4,7-8,11-14,19,23,28H,2,5-6,9-10,15-18H2,(H,29,30,31);4H,1-3H3. The molecule has 2 aromatic carbocycles. The van der Waals surface area contributed by atoms with Crippen LogP contribution in [0.4, 0.5) is 28.8 Å². The molecular weight excluding hydrogens is 568 g/mol. The number of hydrogen-bond acceptors (Lipinski definition) is 8. The monoisotopic (exact) mass is 608 g/mol. The van der Waals surface area contributed by atoms with Gasteiger partial charge in [-0.2, -0.15) is 4.98 Å². The average Bonchev–Trinajstić information content (AvgIpc) is 2.97. The molecule has 0 bridgehead atoms.